The summed E-state index contributed by atoms with van der Waals surface area (Å²) in [5, 5.41) is 9.99. The van der Waals surface area contributed by atoms with E-state index < -0.39 is 0 Å². The number of aliphatic hydroxyl groups is 1. The lowest BCUT2D eigenvalue weighted by molar-refractivity contribution is -0.124. The predicted molar refractivity (Wildman–Crippen MR) is 123 cm³/mol. The van der Waals surface area contributed by atoms with Crippen LogP contribution in [0.15, 0.2) is 6.07 Å². The second-order valence-electron chi connectivity index (χ2n) is 9.89. The first kappa shape index (κ1) is 23.0. The molecular formula is C25H35NO3S. The number of aliphatic hydroxyl groups excluding tert-OH is 1. The van der Waals surface area contributed by atoms with E-state index in [4.69, 9.17) is 0 Å². The number of carbonyl (C=O) groups is 2. The fraction of sp³-hybridized carbons (Fsp3) is 0.680. The predicted octanol–water partition coefficient (Wildman–Crippen LogP) is 5.57. The minimum Gasteiger partial charge on any atom is -0.393 e. The summed E-state index contributed by atoms with van der Waals surface area (Å²) in [5.41, 5.74) is 0.611. The van der Waals surface area contributed by atoms with Gasteiger partial charge >= 0.3 is 0 Å². The van der Waals surface area contributed by atoms with Crippen LogP contribution in [0.3, 0.4) is 0 Å². The quantitative estimate of drug-likeness (QED) is 0.503. The van der Waals surface area contributed by atoms with Crippen LogP contribution in [0.25, 0.3) is 0 Å². The zero-order chi connectivity index (χ0) is 21.9. The number of thiophene rings is 1. The molecule has 0 saturated heterocycles. The number of Topliss-reactive ketones (excluding diaryl/α,β-unsaturated/α-hetero) is 1. The highest BCUT2D eigenvalue weighted by atomic mass is 32.1. The van der Waals surface area contributed by atoms with Crippen LogP contribution in [0.4, 0.5) is 5.69 Å². The van der Waals surface area contributed by atoms with Crippen LogP contribution in [0, 0.1) is 23.2 Å². The van der Waals surface area contributed by atoms with Gasteiger partial charge in [0, 0.05) is 24.3 Å². The highest BCUT2D eigenvalue weighted by molar-refractivity contribution is 7.15. The first-order chi connectivity index (χ1) is 14.2. The molecule has 0 spiro atoms. The van der Waals surface area contributed by atoms with E-state index in [0.717, 1.165) is 49.1 Å². The minimum absolute atomic E-state index is 0.0175. The maximum atomic E-state index is 13.7. The largest absolute Gasteiger partial charge is 0.393 e. The molecule has 2 aliphatic rings. The van der Waals surface area contributed by atoms with Gasteiger partial charge in [0.05, 0.1) is 21.5 Å². The standard InChI is InChI=1S/C25H35NO3S/c1-17(27)23-22(16-21(30-23)14-15-25(2,3)4)26(19-10-12-20(28)13-11-19)24(29)18-8-6-5-7-9-18/h16,18-20,28H,5-13H2,1-4H3. The summed E-state index contributed by atoms with van der Waals surface area (Å²) in [6.07, 6.45) is 7.93. The van der Waals surface area contributed by atoms with Gasteiger partial charge in [0.15, 0.2) is 5.78 Å². The average Bonchev–Trinajstić information content (AvgIpc) is 3.12. The number of amides is 1. The molecule has 1 N–H and O–H groups in total. The molecular weight excluding hydrogens is 394 g/mol. The maximum absolute atomic E-state index is 13.7. The number of anilines is 1. The van der Waals surface area contributed by atoms with Gasteiger partial charge in [-0.25, -0.2) is 0 Å². The number of rotatable bonds is 4. The minimum atomic E-state index is -0.282. The van der Waals surface area contributed by atoms with Crippen LogP contribution in [0.1, 0.15) is 100 Å². The number of ketones is 1. The Morgan fingerprint density at radius 1 is 1.07 bits per heavy atom. The third kappa shape index (κ3) is 5.74. The Hall–Kier alpha value is -1.64. The van der Waals surface area contributed by atoms with Crippen molar-refractivity contribution in [3.05, 3.63) is 15.8 Å². The van der Waals surface area contributed by atoms with Crippen LogP contribution >= 0.6 is 11.3 Å². The third-order valence-electron chi connectivity index (χ3n) is 6.08. The van der Waals surface area contributed by atoms with Crippen molar-refractivity contribution in [1.82, 2.24) is 0 Å². The van der Waals surface area contributed by atoms with Crippen molar-refractivity contribution in [3.8, 4) is 11.8 Å². The lowest BCUT2D eigenvalue weighted by Gasteiger charge is -2.38. The van der Waals surface area contributed by atoms with Crippen molar-refractivity contribution in [2.24, 2.45) is 11.3 Å². The molecule has 2 saturated carbocycles. The van der Waals surface area contributed by atoms with Crippen molar-refractivity contribution in [2.45, 2.75) is 97.6 Å². The summed E-state index contributed by atoms with van der Waals surface area (Å²) in [6, 6.07) is 1.99. The molecule has 2 fully saturated rings. The van der Waals surface area contributed by atoms with Crippen molar-refractivity contribution in [2.75, 3.05) is 4.90 Å². The van der Waals surface area contributed by atoms with E-state index in [1.807, 2.05) is 11.0 Å². The first-order valence-corrected chi connectivity index (χ1v) is 12.2. The van der Waals surface area contributed by atoms with Gasteiger partial charge in [-0.2, -0.15) is 0 Å². The molecule has 1 heterocycles. The van der Waals surface area contributed by atoms with E-state index in [1.165, 1.54) is 17.8 Å². The molecule has 5 heteroatoms. The number of nitrogens with zero attached hydrogens (tertiary/aromatic N) is 1. The Labute approximate surface area is 185 Å². The monoisotopic (exact) mass is 429 g/mol. The molecule has 0 aliphatic heterocycles. The van der Waals surface area contributed by atoms with Crippen molar-refractivity contribution < 1.29 is 14.7 Å². The van der Waals surface area contributed by atoms with Gasteiger partial charge in [0.2, 0.25) is 5.91 Å². The fourth-order valence-electron chi connectivity index (χ4n) is 4.48. The van der Waals surface area contributed by atoms with Crippen molar-refractivity contribution in [1.29, 1.82) is 0 Å². The van der Waals surface area contributed by atoms with Crippen LogP contribution < -0.4 is 4.90 Å². The molecule has 0 unspecified atom stereocenters. The van der Waals surface area contributed by atoms with E-state index in [1.54, 1.807) is 6.92 Å². The summed E-state index contributed by atoms with van der Waals surface area (Å²) >= 11 is 1.40. The zero-order valence-corrected chi connectivity index (χ0v) is 19.6. The second-order valence-corrected chi connectivity index (χ2v) is 10.9. The lowest BCUT2D eigenvalue weighted by atomic mass is 9.86. The second kappa shape index (κ2) is 9.66. The molecule has 1 aromatic rings. The SMILES string of the molecule is CC(=O)c1sc(C#CC(C)(C)C)cc1N(C(=O)C1CCCCC1)C1CCC(O)CC1. The van der Waals surface area contributed by atoms with Crippen molar-refractivity contribution in [3.63, 3.8) is 0 Å². The van der Waals surface area contributed by atoms with E-state index in [2.05, 4.69) is 32.6 Å². The van der Waals surface area contributed by atoms with E-state index in [9.17, 15) is 14.7 Å². The van der Waals surface area contributed by atoms with Gasteiger partial charge in [-0.15, -0.1) is 11.3 Å². The van der Waals surface area contributed by atoms with Crippen LogP contribution in [-0.2, 0) is 4.79 Å². The molecule has 30 heavy (non-hydrogen) atoms. The molecule has 2 aliphatic carbocycles. The van der Waals surface area contributed by atoms with Crippen LogP contribution in [0.2, 0.25) is 0 Å². The topological polar surface area (TPSA) is 57.6 Å². The zero-order valence-electron chi connectivity index (χ0n) is 18.8. The number of hydrogen-bond donors (Lipinski definition) is 1. The number of hydrogen-bond acceptors (Lipinski definition) is 4. The highest BCUT2D eigenvalue weighted by Crippen LogP contribution is 2.38. The molecule has 3 rings (SSSR count). The molecule has 1 aromatic heterocycles. The van der Waals surface area contributed by atoms with E-state index >= 15 is 0 Å². The lowest BCUT2D eigenvalue weighted by Crippen LogP contribution is -2.46. The average molecular weight is 430 g/mol. The molecule has 0 aromatic carbocycles. The summed E-state index contributed by atoms with van der Waals surface area (Å²) in [7, 11) is 0. The first-order valence-electron chi connectivity index (χ1n) is 11.3. The number of carbonyl (C=O) groups excluding carboxylic acids is 2. The Balaban J connectivity index is 2.00. The molecule has 0 atom stereocenters. The van der Waals surface area contributed by atoms with Gasteiger partial charge < -0.3 is 10.0 Å². The highest BCUT2D eigenvalue weighted by Gasteiger charge is 2.36. The molecule has 0 radical (unpaired) electrons. The summed E-state index contributed by atoms with van der Waals surface area (Å²) in [5.74, 6) is 6.65. The normalized spacial score (nSPS) is 22.8. The third-order valence-corrected chi connectivity index (χ3v) is 7.22. The maximum Gasteiger partial charge on any atom is 0.230 e. The van der Waals surface area contributed by atoms with Gasteiger partial charge in [-0.05, 0) is 65.4 Å². The Kier molecular flexibility index (Phi) is 7.42. The fourth-order valence-corrected chi connectivity index (χ4v) is 5.38. The Bertz CT molecular complexity index is 825. The summed E-state index contributed by atoms with van der Waals surface area (Å²) in [6.45, 7) is 7.76. The van der Waals surface area contributed by atoms with Gasteiger partial charge in [-0.1, -0.05) is 31.1 Å². The van der Waals surface area contributed by atoms with Crippen LogP contribution in [-0.4, -0.2) is 28.9 Å². The Morgan fingerprint density at radius 2 is 1.70 bits per heavy atom. The van der Waals surface area contributed by atoms with Crippen molar-refractivity contribution >= 4 is 28.7 Å². The molecule has 4 nitrogen and oxygen atoms in total. The van der Waals surface area contributed by atoms with E-state index in [-0.39, 0.29) is 35.2 Å². The molecule has 0 bridgehead atoms. The summed E-state index contributed by atoms with van der Waals surface area (Å²) < 4.78 is 0. The van der Waals surface area contributed by atoms with Gasteiger partial charge in [0.1, 0.15) is 0 Å². The molecule has 164 valence electrons. The smallest absolute Gasteiger partial charge is 0.230 e. The van der Waals surface area contributed by atoms with E-state index in [0.29, 0.717) is 17.7 Å². The summed E-state index contributed by atoms with van der Waals surface area (Å²) in [4.78, 5) is 29.6. The van der Waals surface area contributed by atoms with Gasteiger partial charge in [0.25, 0.3) is 0 Å². The molecule has 1 amide bonds. The van der Waals surface area contributed by atoms with Crippen LogP contribution in [0.5, 0.6) is 0 Å². The Morgan fingerprint density at radius 3 is 2.27 bits per heavy atom. The van der Waals surface area contributed by atoms with Gasteiger partial charge in [-0.3, -0.25) is 9.59 Å².